The number of nitrogens with one attached hydrogen (secondary N) is 1. The van der Waals surface area contributed by atoms with E-state index in [1.54, 1.807) is 12.3 Å². The zero-order valence-electron chi connectivity index (χ0n) is 22.7. The third-order valence-electron chi connectivity index (χ3n) is 6.92. The lowest BCUT2D eigenvalue weighted by Gasteiger charge is -2.28. The number of para-hydroxylation sites is 1. The molecule has 1 N–H and O–H groups in total. The monoisotopic (exact) mass is 540 g/mol. The van der Waals surface area contributed by atoms with E-state index in [4.69, 9.17) is 21.7 Å². The normalized spacial score (nSPS) is 16.9. The van der Waals surface area contributed by atoms with Gasteiger partial charge in [0.25, 0.3) is 0 Å². The van der Waals surface area contributed by atoms with E-state index in [0.717, 1.165) is 39.8 Å². The Hall–Kier alpha value is -4.17. The predicted molar refractivity (Wildman–Crippen MR) is 157 cm³/mol. The number of hydrogen-bond acceptors (Lipinski definition) is 5. The van der Waals surface area contributed by atoms with Crippen molar-refractivity contribution in [1.29, 1.82) is 0 Å². The molecule has 0 amide bonds. The summed E-state index contributed by atoms with van der Waals surface area (Å²) in [6.45, 7) is 8.14. The fourth-order valence-electron chi connectivity index (χ4n) is 5.32. The molecule has 8 heteroatoms. The number of anilines is 1. The average molecular weight is 541 g/mol. The summed E-state index contributed by atoms with van der Waals surface area (Å²) in [5.74, 6) is 0.433. The molecule has 1 fully saturated rings. The number of carbonyl (C=O) groups excluding carboxylic acids is 1. The molecule has 0 bridgehead atoms. The minimum atomic E-state index is -0.375. The number of carbonyl (C=O) groups is 1. The van der Waals surface area contributed by atoms with Crippen LogP contribution in [0.2, 0.25) is 0 Å². The van der Waals surface area contributed by atoms with Gasteiger partial charge in [-0.2, -0.15) is 0 Å². The number of ether oxygens (including phenoxy) is 2. The van der Waals surface area contributed by atoms with E-state index >= 15 is 0 Å². The van der Waals surface area contributed by atoms with E-state index < -0.39 is 0 Å². The summed E-state index contributed by atoms with van der Waals surface area (Å²) in [5.41, 5.74) is 6.21. The fraction of sp³-hybridized carbons (Fsp3) is 0.258. The van der Waals surface area contributed by atoms with Gasteiger partial charge in [0.15, 0.2) is 5.11 Å². The maximum Gasteiger partial charge on any atom is 0.339 e. The molecule has 1 saturated heterocycles. The third kappa shape index (κ3) is 5.00. The largest absolute Gasteiger partial charge is 0.491 e. The lowest BCUT2D eigenvalue weighted by atomic mass is 9.96. The zero-order chi connectivity index (χ0) is 27.7. The van der Waals surface area contributed by atoms with Crippen LogP contribution in [-0.4, -0.2) is 33.8 Å². The Morgan fingerprint density at radius 1 is 1.03 bits per heavy atom. The van der Waals surface area contributed by atoms with Crippen LogP contribution in [0.15, 0.2) is 79.0 Å². The number of nitrogens with zero attached hydrogens (tertiary/aromatic N) is 3. The first-order valence-electron chi connectivity index (χ1n) is 12.9. The smallest absolute Gasteiger partial charge is 0.339 e. The number of esters is 1. The van der Waals surface area contributed by atoms with Gasteiger partial charge in [-0.25, -0.2) is 4.79 Å². The molecule has 3 heterocycles. The number of pyridine rings is 1. The van der Waals surface area contributed by atoms with Gasteiger partial charge in [0.05, 0.1) is 42.2 Å². The number of methoxy groups -OCH3 is 1. The number of hydrogen-bond donors (Lipinski definition) is 1. The SMILES string of the molecule is COC(=O)c1ccccc1-n1c(C)cc([C@H]2[C@@H](c3ccccn3)NC(=S)N2c2ccc(OC(C)C)cc2)c1C. The molecular weight excluding hydrogens is 508 g/mol. The van der Waals surface area contributed by atoms with Crippen LogP contribution in [0, 0.1) is 13.8 Å². The standard InChI is InChI=1S/C31H32N4O3S/c1-19(2)38-23-15-13-22(14-16-23)35-29(28(33-31(35)39)26-11-8-9-17-32-26)25-18-20(3)34(21(25)4)27-12-7-6-10-24(27)30(36)37-5/h6-19,28-29H,1-5H3,(H,33,39)/t28-,29+/m1/s1. The summed E-state index contributed by atoms with van der Waals surface area (Å²) in [6, 6.07) is 23.2. The van der Waals surface area contributed by atoms with Crippen LogP contribution in [0.5, 0.6) is 5.75 Å². The van der Waals surface area contributed by atoms with E-state index in [1.165, 1.54) is 7.11 Å². The van der Waals surface area contributed by atoms with Crippen molar-refractivity contribution in [3.05, 3.63) is 107 Å². The summed E-state index contributed by atoms with van der Waals surface area (Å²) >= 11 is 5.91. The molecule has 39 heavy (non-hydrogen) atoms. The average Bonchev–Trinajstić information content (AvgIpc) is 3.43. The zero-order valence-corrected chi connectivity index (χ0v) is 23.5. The third-order valence-corrected chi connectivity index (χ3v) is 7.24. The van der Waals surface area contributed by atoms with Crippen molar-refractivity contribution < 1.29 is 14.3 Å². The Morgan fingerprint density at radius 2 is 1.74 bits per heavy atom. The van der Waals surface area contributed by atoms with Gasteiger partial charge < -0.3 is 24.3 Å². The van der Waals surface area contributed by atoms with E-state index in [1.807, 2.05) is 81.4 Å². The minimum absolute atomic E-state index is 0.0879. The van der Waals surface area contributed by atoms with Crippen molar-refractivity contribution in [1.82, 2.24) is 14.9 Å². The van der Waals surface area contributed by atoms with Gasteiger partial charge in [0.1, 0.15) is 5.75 Å². The highest BCUT2D eigenvalue weighted by Crippen LogP contribution is 2.44. The molecule has 2 atom stereocenters. The summed E-state index contributed by atoms with van der Waals surface area (Å²) < 4.78 is 13.1. The van der Waals surface area contributed by atoms with Crippen molar-refractivity contribution >= 4 is 29.0 Å². The first kappa shape index (κ1) is 26.4. The molecule has 200 valence electrons. The van der Waals surface area contributed by atoms with Gasteiger partial charge in [0, 0.05) is 23.3 Å². The minimum Gasteiger partial charge on any atom is -0.491 e. The number of aryl methyl sites for hydroxylation is 1. The molecule has 7 nitrogen and oxygen atoms in total. The Kier molecular flexibility index (Phi) is 7.39. The molecule has 0 spiro atoms. The summed E-state index contributed by atoms with van der Waals surface area (Å²) in [4.78, 5) is 19.4. The molecule has 1 aliphatic rings. The molecule has 2 aromatic heterocycles. The lowest BCUT2D eigenvalue weighted by Crippen LogP contribution is -2.29. The van der Waals surface area contributed by atoms with Crippen LogP contribution in [-0.2, 0) is 4.74 Å². The van der Waals surface area contributed by atoms with Crippen LogP contribution >= 0.6 is 12.2 Å². The Balaban J connectivity index is 1.65. The summed E-state index contributed by atoms with van der Waals surface area (Å²) in [5, 5.41) is 4.15. The van der Waals surface area contributed by atoms with Crippen LogP contribution < -0.4 is 15.0 Å². The van der Waals surface area contributed by atoms with Gasteiger partial charge in [-0.05, 0) is 100 Å². The molecule has 5 rings (SSSR count). The van der Waals surface area contributed by atoms with E-state index in [-0.39, 0.29) is 24.2 Å². The highest BCUT2D eigenvalue weighted by molar-refractivity contribution is 7.80. The fourth-order valence-corrected chi connectivity index (χ4v) is 5.66. The van der Waals surface area contributed by atoms with Gasteiger partial charge >= 0.3 is 5.97 Å². The van der Waals surface area contributed by atoms with Gasteiger partial charge in [0.2, 0.25) is 0 Å². The first-order valence-corrected chi connectivity index (χ1v) is 13.3. The van der Waals surface area contributed by atoms with Crippen molar-refractivity contribution in [2.45, 2.75) is 45.9 Å². The molecule has 4 aromatic rings. The van der Waals surface area contributed by atoms with Gasteiger partial charge in [-0.1, -0.05) is 18.2 Å². The van der Waals surface area contributed by atoms with Gasteiger partial charge in [-0.15, -0.1) is 0 Å². The van der Waals surface area contributed by atoms with Crippen LogP contribution in [0.3, 0.4) is 0 Å². The van der Waals surface area contributed by atoms with E-state index in [9.17, 15) is 4.79 Å². The Labute approximate surface area is 234 Å². The lowest BCUT2D eigenvalue weighted by molar-refractivity contribution is 0.0600. The van der Waals surface area contributed by atoms with Gasteiger partial charge in [-0.3, -0.25) is 4.98 Å². The first-order chi connectivity index (χ1) is 18.8. The summed E-state index contributed by atoms with van der Waals surface area (Å²) in [6.07, 6.45) is 1.89. The van der Waals surface area contributed by atoms with E-state index in [0.29, 0.717) is 10.7 Å². The number of aromatic nitrogens is 2. The van der Waals surface area contributed by atoms with Crippen molar-refractivity contribution in [2.24, 2.45) is 0 Å². The quantitative estimate of drug-likeness (QED) is 0.220. The van der Waals surface area contributed by atoms with Crippen LogP contribution in [0.1, 0.15) is 58.9 Å². The molecular formula is C31H32N4O3S. The maximum absolute atomic E-state index is 12.6. The highest BCUT2D eigenvalue weighted by atomic mass is 32.1. The molecule has 0 radical (unpaired) electrons. The Morgan fingerprint density at radius 3 is 2.41 bits per heavy atom. The molecule has 2 aromatic carbocycles. The highest BCUT2D eigenvalue weighted by Gasteiger charge is 2.42. The second kappa shape index (κ2) is 10.9. The molecule has 0 unspecified atom stereocenters. The second-order valence-corrected chi connectivity index (χ2v) is 10.2. The second-order valence-electron chi connectivity index (χ2n) is 9.83. The number of rotatable bonds is 7. The van der Waals surface area contributed by atoms with Crippen LogP contribution in [0.25, 0.3) is 5.69 Å². The van der Waals surface area contributed by atoms with E-state index in [2.05, 4.69) is 32.8 Å². The molecule has 0 saturated carbocycles. The van der Waals surface area contributed by atoms with Crippen LogP contribution in [0.4, 0.5) is 5.69 Å². The Bertz CT molecular complexity index is 1500. The topological polar surface area (TPSA) is 68.6 Å². The maximum atomic E-state index is 12.6. The number of benzene rings is 2. The van der Waals surface area contributed by atoms with Crippen molar-refractivity contribution in [3.63, 3.8) is 0 Å². The molecule has 0 aliphatic carbocycles. The predicted octanol–water partition coefficient (Wildman–Crippen LogP) is 6.24. The van der Waals surface area contributed by atoms with Crippen molar-refractivity contribution in [3.8, 4) is 11.4 Å². The molecule has 1 aliphatic heterocycles. The number of thiocarbonyl (C=S) groups is 1. The summed E-state index contributed by atoms with van der Waals surface area (Å²) in [7, 11) is 1.40. The van der Waals surface area contributed by atoms with Crippen molar-refractivity contribution in [2.75, 3.05) is 12.0 Å².